The van der Waals surface area contributed by atoms with Gasteiger partial charge in [0.05, 0.1) is 11.6 Å². The highest BCUT2D eigenvalue weighted by Crippen LogP contribution is 2.54. The number of nitrogens with zero attached hydrogens (tertiary/aromatic N) is 5. The lowest BCUT2D eigenvalue weighted by Gasteiger charge is -2.58. The summed E-state index contributed by atoms with van der Waals surface area (Å²) in [5.74, 6) is 1.11. The smallest absolute Gasteiger partial charge is 0.410 e. The zero-order valence-electron chi connectivity index (χ0n) is 23.0. The van der Waals surface area contributed by atoms with Crippen molar-refractivity contribution in [3.63, 3.8) is 0 Å². The van der Waals surface area contributed by atoms with Gasteiger partial charge in [-0.1, -0.05) is 37.3 Å². The minimum Gasteiger partial charge on any atom is -0.444 e. The summed E-state index contributed by atoms with van der Waals surface area (Å²) in [6.45, 7) is 18.3. The molecule has 3 heterocycles. The van der Waals surface area contributed by atoms with Gasteiger partial charge in [-0.3, -0.25) is 9.58 Å². The molecular formula is C29H43N5O2. The Labute approximate surface area is 216 Å². The molecule has 7 heteroatoms. The summed E-state index contributed by atoms with van der Waals surface area (Å²) in [4.78, 5) is 19.3. The van der Waals surface area contributed by atoms with Gasteiger partial charge in [-0.25, -0.2) is 4.79 Å². The first-order chi connectivity index (χ1) is 17.0. The van der Waals surface area contributed by atoms with Gasteiger partial charge in [0, 0.05) is 56.4 Å². The molecule has 1 saturated carbocycles. The molecule has 3 aliphatic rings. The average molecular weight is 494 g/mol. The van der Waals surface area contributed by atoms with E-state index in [0.29, 0.717) is 6.04 Å². The third-order valence-corrected chi connectivity index (χ3v) is 8.44. The van der Waals surface area contributed by atoms with Crippen LogP contribution >= 0.6 is 0 Å². The fourth-order valence-electron chi connectivity index (χ4n) is 6.39. The van der Waals surface area contributed by atoms with Crippen molar-refractivity contribution in [2.24, 2.45) is 5.41 Å². The minimum absolute atomic E-state index is 0.0569. The summed E-state index contributed by atoms with van der Waals surface area (Å²) in [6.07, 6.45) is 3.07. The van der Waals surface area contributed by atoms with Crippen LogP contribution in [-0.2, 0) is 11.3 Å². The zero-order valence-corrected chi connectivity index (χ0v) is 23.0. The van der Waals surface area contributed by atoms with Gasteiger partial charge >= 0.3 is 6.09 Å². The normalized spacial score (nSPS) is 24.5. The molecule has 0 unspecified atom stereocenters. The summed E-state index contributed by atoms with van der Waals surface area (Å²) in [6, 6.07) is 13.5. The number of hydrogen-bond acceptors (Lipinski definition) is 5. The van der Waals surface area contributed by atoms with E-state index >= 15 is 0 Å². The minimum atomic E-state index is -0.440. The second-order valence-electron chi connectivity index (χ2n) is 12.7. The highest BCUT2D eigenvalue weighted by atomic mass is 16.6. The van der Waals surface area contributed by atoms with E-state index in [2.05, 4.69) is 71.7 Å². The Morgan fingerprint density at radius 1 is 1.11 bits per heavy atom. The topological polar surface area (TPSA) is 53.8 Å². The fraction of sp³-hybridized carbons (Fsp3) is 0.655. The summed E-state index contributed by atoms with van der Waals surface area (Å²) < 4.78 is 7.79. The van der Waals surface area contributed by atoms with Crippen molar-refractivity contribution in [1.29, 1.82) is 0 Å². The largest absolute Gasteiger partial charge is 0.444 e. The number of anilines is 1. The Balaban J connectivity index is 1.20. The number of hydrogen-bond donors (Lipinski definition) is 0. The lowest BCUT2D eigenvalue weighted by Crippen LogP contribution is -2.64. The van der Waals surface area contributed by atoms with Crippen LogP contribution in [0.25, 0.3) is 0 Å². The van der Waals surface area contributed by atoms with Gasteiger partial charge in [0.15, 0.2) is 5.82 Å². The molecule has 1 aromatic carbocycles. The van der Waals surface area contributed by atoms with Crippen molar-refractivity contribution in [1.82, 2.24) is 19.6 Å². The molecular weight excluding hydrogens is 450 g/mol. The van der Waals surface area contributed by atoms with Crippen molar-refractivity contribution < 1.29 is 9.53 Å². The molecule has 0 N–H and O–H groups in total. The third kappa shape index (κ3) is 4.86. The van der Waals surface area contributed by atoms with Gasteiger partial charge in [-0.05, 0) is 59.4 Å². The molecule has 1 spiro atoms. The van der Waals surface area contributed by atoms with Crippen LogP contribution in [0, 0.1) is 12.3 Å². The van der Waals surface area contributed by atoms with Crippen LogP contribution in [0.5, 0.6) is 0 Å². The molecule has 1 aromatic heterocycles. The molecule has 196 valence electrons. The molecule has 2 aromatic rings. The zero-order chi connectivity index (χ0) is 25.7. The standard InChI is InChI=1S/C29H43N5O2/c1-7-28(6)19-31(18-23-11-9-8-10-12-23)13-14-33(28)25-15-22(2)34(30-25)24-16-29(17-24)20-32(21-29)26(35)36-27(3,4)5/h8-12,15,24H,7,13-14,16-21H2,1-6H3/t28-/m0/s1. The Kier molecular flexibility index (Phi) is 6.34. The molecule has 3 fully saturated rings. The maximum atomic E-state index is 12.3. The second-order valence-corrected chi connectivity index (χ2v) is 12.7. The Hall–Kier alpha value is -2.54. The van der Waals surface area contributed by atoms with Crippen molar-refractivity contribution in [2.75, 3.05) is 37.6 Å². The summed E-state index contributed by atoms with van der Waals surface area (Å²) >= 11 is 0. The van der Waals surface area contributed by atoms with Gasteiger partial charge in [0.1, 0.15) is 5.60 Å². The van der Waals surface area contributed by atoms with Crippen molar-refractivity contribution in [2.45, 2.75) is 84.5 Å². The number of aryl methyl sites for hydroxylation is 1. The number of piperazine rings is 1. The molecule has 36 heavy (non-hydrogen) atoms. The van der Waals surface area contributed by atoms with Crippen LogP contribution < -0.4 is 4.90 Å². The van der Waals surface area contributed by atoms with Crippen LogP contribution in [0.4, 0.5) is 10.6 Å². The monoisotopic (exact) mass is 493 g/mol. The van der Waals surface area contributed by atoms with Gasteiger partial charge in [0.2, 0.25) is 0 Å². The number of aromatic nitrogens is 2. The number of carbonyl (C=O) groups is 1. The van der Waals surface area contributed by atoms with Gasteiger partial charge in [-0.2, -0.15) is 5.10 Å². The fourth-order valence-corrected chi connectivity index (χ4v) is 6.39. The van der Waals surface area contributed by atoms with E-state index in [0.717, 1.165) is 64.3 Å². The van der Waals surface area contributed by atoms with Crippen molar-refractivity contribution in [3.05, 3.63) is 47.7 Å². The predicted molar refractivity (Wildman–Crippen MR) is 143 cm³/mol. The van der Waals surface area contributed by atoms with Gasteiger partial charge < -0.3 is 14.5 Å². The third-order valence-electron chi connectivity index (χ3n) is 8.44. The van der Waals surface area contributed by atoms with Crippen LogP contribution in [0.15, 0.2) is 36.4 Å². The highest BCUT2D eigenvalue weighted by molar-refractivity contribution is 5.69. The number of carbonyl (C=O) groups excluding carboxylic acids is 1. The number of rotatable bonds is 5. The molecule has 0 bridgehead atoms. The number of ether oxygens (including phenoxy) is 1. The van der Waals surface area contributed by atoms with E-state index in [1.807, 2.05) is 25.7 Å². The lowest BCUT2D eigenvalue weighted by atomic mass is 9.61. The summed E-state index contributed by atoms with van der Waals surface area (Å²) in [7, 11) is 0. The quantitative estimate of drug-likeness (QED) is 0.569. The first-order valence-corrected chi connectivity index (χ1v) is 13.6. The maximum Gasteiger partial charge on any atom is 0.410 e. The van der Waals surface area contributed by atoms with Gasteiger partial charge in [0.25, 0.3) is 0 Å². The maximum absolute atomic E-state index is 12.3. The molecule has 1 atom stereocenters. The second kappa shape index (κ2) is 9.09. The molecule has 2 saturated heterocycles. The Morgan fingerprint density at radius 3 is 2.44 bits per heavy atom. The molecule has 5 rings (SSSR count). The Bertz CT molecular complexity index is 1080. The number of amides is 1. The number of likely N-dealkylation sites (tertiary alicyclic amines) is 1. The van der Waals surface area contributed by atoms with E-state index in [4.69, 9.17) is 9.84 Å². The molecule has 1 amide bonds. The van der Waals surface area contributed by atoms with Crippen LogP contribution in [0.2, 0.25) is 0 Å². The average Bonchev–Trinajstić information content (AvgIpc) is 3.12. The van der Waals surface area contributed by atoms with E-state index in [1.165, 1.54) is 11.3 Å². The molecule has 2 aliphatic heterocycles. The van der Waals surface area contributed by atoms with Gasteiger partial charge in [-0.15, -0.1) is 0 Å². The SMILES string of the molecule is CC[C@@]1(C)CN(Cc2ccccc2)CCN1c1cc(C)n(C2CC3(C2)CN(C(=O)OC(C)(C)C)C3)n1. The first-order valence-electron chi connectivity index (χ1n) is 13.6. The van der Waals surface area contributed by atoms with Crippen LogP contribution in [0.3, 0.4) is 0 Å². The number of benzene rings is 1. The van der Waals surface area contributed by atoms with E-state index in [-0.39, 0.29) is 17.0 Å². The molecule has 0 radical (unpaired) electrons. The Morgan fingerprint density at radius 2 is 1.81 bits per heavy atom. The first kappa shape index (κ1) is 25.1. The summed E-state index contributed by atoms with van der Waals surface area (Å²) in [5, 5.41) is 5.15. The predicted octanol–water partition coefficient (Wildman–Crippen LogP) is 5.25. The van der Waals surface area contributed by atoms with E-state index in [1.54, 1.807) is 0 Å². The lowest BCUT2D eigenvalue weighted by molar-refractivity contribution is -0.0930. The van der Waals surface area contributed by atoms with E-state index in [9.17, 15) is 4.79 Å². The molecule has 7 nitrogen and oxygen atoms in total. The highest BCUT2D eigenvalue weighted by Gasteiger charge is 2.55. The van der Waals surface area contributed by atoms with Crippen LogP contribution in [0.1, 0.15) is 71.2 Å². The van der Waals surface area contributed by atoms with Crippen LogP contribution in [-0.4, -0.2) is 69.5 Å². The molecule has 1 aliphatic carbocycles. The van der Waals surface area contributed by atoms with Crippen molar-refractivity contribution in [3.8, 4) is 0 Å². The summed E-state index contributed by atoms with van der Waals surface area (Å²) in [5.41, 5.74) is 2.48. The van der Waals surface area contributed by atoms with E-state index < -0.39 is 5.60 Å². The van der Waals surface area contributed by atoms with Crippen molar-refractivity contribution >= 4 is 11.9 Å².